The molecule has 1 aliphatic rings. The molecule has 2 heterocycles. The topological polar surface area (TPSA) is 149 Å². The smallest absolute Gasteiger partial charge is 0.286 e. The first-order valence-corrected chi connectivity index (χ1v) is 11.2. The van der Waals surface area contributed by atoms with E-state index in [2.05, 4.69) is 0 Å². The van der Waals surface area contributed by atoms with Crippen LogP contribution in [0, 0.1) is 10.1 Å². The van der Waals surface area contributed by atoms with Crippen molar-refractivity contribution >= 4 is 21.4 Å². The molecule has 1 fully saturated rings. The predicted octanol–water partition coefficient (Wildman–Crippen LogP) is 1.40. The molecule has 0 aliphatic carbocycles. The summed E-state index contributed by atoms with van der Waals surface area (Å²) in [7, 11) is -2.28. The Morgan fingerprint density at radius 1 is 1.35 bits per heavy atom. The maximum atomic E-state index is 13.5. The van der Waals surface area contributed by atoms with E-state index in [0.717, 1.165) is 11.0 Å². The number of benzene rings is 1. The summed E-state index contributed by atoms with van der Waals surface area (Å²) in [6.45, 7) is 1.74. The number of hydrogen-bond donors (Lipinski definition) is 1. The van der Waals surface area contributed by atoms with Gasteiger partial charge in [-0.3, -0.25) is 14.9 Å². The van der Waals surface area contributed by atoms with Gasteiger partial charge in [0.25, 0.3) is 11.6 Å². The van der Waals surface area contributed by atoms with Gasteiger partial charge in [-0.05, 0) is 19.1 Å². The van der Waals surface area contributed by atoms with Crippen molar-refractivity contribution in [1.29, 1.82) is 0 Å². The third-order valence-corrected chi connectivity index (χ3v) is 6.57. The van der Waals surface area contributed by atoms with Crippen molar-refractivity contribution in [3.63, 3.8) is 0 Å². The second-order valence-corrected chi connectivity index (χ2v) is 9.09. The standard InChI is InChI=1S/C19H22N2O9S/c1-3-29-18-7-13(14(21(24)25)8-17(18)28-2)19(23)20(9-12-5-4-6-30-12)15-10-31(26,27)11-16(15)22/h4-8,15-16,22H,3,9-11H2,1-2H3/t15-,16+/m0/s1. The minimum absolute atomic E-state index is 0.0752. The van der Waals surface area contributed by atoms with Gasteiger partial charge >= 0.3 is 0 Å². The van der Waals surface area contributed by atoms with E-state index in [1.807, 2.05) is 0 Å². The number of carbonyl (C=O) groups is 1. The Bertz CT molecular complexity index is 1070. The lowest BCUT2D eigenvalue weighted by molar-refractivity contribution is -0.385. The number of carbonyl (C=O) groups excluding carboxylic acids is 1. The van der Waals surface area contributed by atoms with Gasteiger partial charge in [-0.1, -0.05) is 0 Å². The number of aliphatic hydroxyl groups excluding tert-OH is 1. The summed E-state index contributed by atoms with van der Waals surface area (Å²) < 4.78 is 39.9. The van der Waals surface area contributed by atoms with Crippen LogP contribution < -0.4 is 9.47 Å². The van der Waals surface area contributed by atoms with E-state index in [1.165, 1.54) is 19.4 Å². The van der Waals surface area contributed by atoms with E-state index in [-0.39, 0.29) is 30.2 Å². The van der Waals surface area contributed by atoms with Crippen LogP contribution in [0.3, 0.4) is 0 Å². The van der Waals surface area contributed by atoms with Gasteiger partial charge in [0.2, 0.25) is 0 Å². The minimum atomic E-state index is -3.59. The fourth-order valence-corrected chi connectivity index (χ4v) is 5.27. The minimum Gasteiger partial charge on any atom is -0.493 e. The first-order valence-electron chi connectivity index (χ1n) is 9.38. The first kappa shape index (κ1) is 22.6. The third-order valence-electron chi connectivity index (χ3n) is 4.87. The molecule has 1 aliphatic heterocycles. The number of aliphatic hydroxyl groups is 1. The molecule has 1 amide bonds. The predicted molar refractivity (Wildman–Crippen MR) is 108 cm³/mol. The van der Waals surface area contributed by atoms with Gasteiger partial charge in [0.1, 0.15) is 11.3 Å². The van der Waals surface area contributed by atoms with Crippen LogP contribution in [0.25, 0.3) is 0 Å². The lowest BCUT2D eigenvalue weighted by Gasteiger charge is -2.29. The SMILES string of the molecule is CCOc1cc(C(=O)N(Cc2ccco2)[C@H]2CS(=O)(=O)C[C@H]2O)c([N+](=O)[O-])cc1OC. The molecule has 0 saturated carbocycles. The maximum absolute atomic E-state index is 13.5. The summed E-state index contributed by atoms with van der Waals surface area (Å²) in [6.07, 6.45) is 0.0376. The number of nitro groups is 1. The normalized spacial score (nSPS) is 19.7. The van der Waals surface area contributed by atoms with E-state index in [4.69, 9.17) is 13.9 Å². The Kier molecular flexibility index (Phi) is 6.51. The van der Waals surface area contributed by atoms with E-state index >= 15 is 0 Å². The molecule has 1 N–H and O–H groups in total. The summed E-state index contributed by atoms with van der Waals surface area (Å²) in [6, 6.07) is 4.33. The molecular formula is C19H22N2O9S. The van der Waals surface area contributed by atoms with Gasteiger partial charge in [-0.2, -0.15) is 0 Å². The molecule has 0 bridgehead atoms. The summed E-state index contributed by atoms with van der Waals surface area (Å²) >= 11 is 0. The van der Waals surface area contributed by atoms with Gasteiger partial charge in [-0.25, -0.2) is 8.42 Å². The number of amides is 1. The van der Waals surface area contributed by atoms with Crippen LogP contribution in [-0.2, 0) is 16.4 Å². The van der Waals surface area contributed by atoms with Crippen LogP contribution in [0.4, 0.5) is 5.69 Å². The van der Waals surface area contributed by atoms with E-state index in [1.54, 1.807) is 19.1 Å². The van der Waals surface area contributed by atoms with Crippen LogP contribution in [0.1, 0.15) is 23.0 Å². The highest BCUT2D eigenvalue weighted by Gasteiger charge is 2.43. The molecule has 168 valence electrons. The lowest BCUT2D eigenvalue weighted by Crippen LogP contribution is -2.46. The first-order chi connectivity index (χ1) is 14.7. The largest absolute Gasteiger partial charge is 0.493 e. The zero-order chi connectivity index (χ0) is 22.8. The molecule has 3 rings (SSSR count). The maximum Gasteiger partial charge on any atom is 0.286 e. The summed E-state index contributed by atoms with van der Waals surface area (Å²) in [5, 5.41) is 22.0. The summed E-state index contributed by atoms with van der Waals surface area (Å²) in [5.41, 5.74) is -0.859. The molecule has 2 atom stereocenters. The molecule has 11 nitrogen and oxygen atoms in total. The van der Waals surface area contributed by atoms with E-state index in [0.29, 0.717) is 5.76 Å². The van der Waals surface area contributed by atoms with Crippen LogP contribution >= 0.6 is 0 Å². The second-order valence-electron chi connectivity index (χ2n) is 6.93. The van der Waals surface area contributed by atoms with Gasteiger partial charge < -0.3 is 23.9 Å². The fraction of sp³-hybridized carbons (Fsp3) is 0.421. The summed E-state index contributed by atoms with van der Waals surface area (Å²) in [5.74, 6) is -1.29. The quantitative estimate of drug-likeness (QED) is 0.461. The number of hydrogen-bond acceptors (Lipinski definition) is 9. The van der Waals surface area contributed by atoms with Crippen molar-refractivity contribution < 1.29 is 37.1 Å². The third kappa shape index (κ3) is 4.80. The number of methoxy groups -OCH3 is 1. The average Bonchev–Trinajstić information content (AvgIpc) is 3.31. The molecule has 1 aromatic heterocycles. The highest BCUT2D eigenvalue weighted by Crippen LogP contribution is 2.36. The molecular weight excluding hydrogens is 432 g/mol. The molecule has 2 aromatic rings. The van der Waals surface area contributed by atoms with Gasteiger partial charge in [0.15, 0.2) is 21.3 Å². The van der Waals surface area contributed by atoms with Crippen LogP contribution in [-0.4, -0.2) is 66.6 Å². The number of rotatable bonds is 8. The van der Waals surface area contributed by atoms with E-state index < -0.39 is 50.0 Å². The Hall–Kier alpha value is -3.12. The second kappa shape index (κ2) is 8.94. The summed E-state index contributed by atoms with van der Waals surface area (Å²) in [4.78, 5) is 25.5. The van der Waals surface area contributed by atoms with Crippen molar-refractivity contribution in [1.82, 2.24) is 4.90 Å². The van der Waals surface area contributed by atoms with Gasteiger partial charge in [-0.15, -0.1) is 0 Å². The Morgan fingerprint density at radius 2 is 2.10 bits per heavy atom. The van der Waals surface area contributed by atoms with Crippen molar-refractivity contribution in [2.45, 2.75) is 25.6 Å². The highest BCUT2D eigenvalue weighted by atomic mass is 32.2. The van der Waals surface area contributed by atoms with Gasteiger partial charge in [0.05, 0.1) is 61.2 Å². The Labute approximate surface area is 178 Å². The average molecular weight is 454 g/mol. The number of nitrogens with zero attached hydrogens (tertiary/aromatic N) is 2. The number of sulfone groups is 1. The van der Waals surface area contributed by atoms with Crippen LogP contribution in [0.2, 0.25) is 0 Å². The Morgan fingerprint density at radius 3 is 2.61 bits per heavy atom. The molecule has 1 aromatic carbocycles. The molecule has 31 heavy (non-hydrogen) atoms. The fourth-order valence-electron chi connectivity index (χ4n) is 3.47. The Balaban J connectivity index is 2.10. The molecule has 0 unspecified atom stereocenters. The number of furan rings is 1. The molecule has 0 radical (unpaired) electrons. The molecule has 12 heteroatoms. The van der Waals surface area contributed by atoms with Crippen molar-refractivity contribution in [2.24, 2.45) is 0 Å². The van der Waals surface area contributed by atoms with Crippen molar-refractivity contribution in [2.75, 3.05) is 25.2 Å². The monoisotopic (exact) mass is 454 g/mol. The van der Waals surface area contributed by atoms with Crippen molar-refractivity contribution in [3.05, 3.63) is 52.0 Å². The van der Waals surface area contributed by atoms with E-state index in [9.17, 15) is 28.4 Å². The number of ether oxygens (including phenoxy) is 2. The highest BCUT2D eigenvalue weighted by molar-refractivity contribution is 7.91. The van der Waals surface area contributed by atoms with Crippen LogP contribution in [0.15, 0.2) is 34.9 Å². The van der Waals surface area contributed by atoms with Crippen LogP contribution in [0.5, 0.6) is 11.5 Å². The molecule has 1 saturated heterocycles. The zero-order valence-electron chi connectivity index (χ0n) is 16.9. The number of nitro benzene ring substituents is 1. The van der Waals surface area contributed by atoms with Gasteiger partial charge in [0, 0.05) is 6.07 Å². The van der Waals surface area contributed by atoms with Crippen molar-refractivity contribution in [3.8, 4) is 11.5 Å². The zero-order valence-corrected chi connectivity index (χ0v) is 17.7. The lowest BCUT2D eigenvalue weighted by atomic mass is 10.1. The molecule has 0 spiro atoms.